The van der Waals surface area contributed by atoms with Crippen molar-refractivity contribution >= 4 is 21.8 Å². The van der Waals surface area contributed by atoms with Gasteiger partial charge in [0.2, 0.25) is 0 Å². The molecule has 0 heterocycles. The largest absolute Gasteiger partial charge is 0.507 e. The molecule has 88 valence electrons. The van der Waals surface area contributed by atoms with Gasteiger partial charge in [0.15, 0.2) is 0 Å². The minimum atomic E-state index is -0.226. The Hall–Kier alpha value is -1.23. The van der Waals surface area contributed by atoms with E-state index in [1.807, 2.05) is 0 Å². The lowest BCUT2D eigenvalue weighted by Crippen LogP contribution is -2.28. The van der Waals surface area contributed by atoms with Gasteiger partial charge < -0.3 is 14.7 Å². The third-order valence-corrected chi connectivity index (χ3v) is 2.56. The van der Waals surface area contributed by atoms with E-state index in [0.29, 0.717) is 17.6 Å². The highest BCUT2D eigenvalue weighted by Crippen LogP contribution is 2.23. The fourth-order valence-electron chi connectivity index (χ4n) is 1.25. The van der Waals surface area contributed by atoms with Crippen molar-refractivity contribution in [2.75, 3.05) is 26.0 Å². The molecule has 1 rings (SSSR count). The monoisotopic (exact) mass is 287 g/mol. The molecule has 16 heavy (non-hydrogen) atoms. The number of phenols is 1. The molecule has 0 saturated carbocycles. The van der Waals surface area contributed by atoms with E-state index in [1.54, 1.807) is 13.1 Å². The van der Waals surface area contributed by atoms with E-state index < -0.39 is 0 Å². The molecule has 0 unspecified atom stereocenters. The molecule has 0 radical (unpaired) electrons. The molecule has 0 bridgehead atoms. The molecule has 0 aromatic heterocycles. The molecule has 0 saturated heterocycles. The van der Waals surface area contributed by atoms with Crippen LogP contribution in [0.2, 0.25) is 0 Å². The van der Waals surface area contributed by atoms with Gasteiger partial charge in [-0.2, -0.15) is 0 Å². The smallest absolute Gasteiger partial charge is 0.257 e. The molecule has 5 heteroatoms. The van der Waals surface area contributed by atoms with Crippen LogP contribution in [0.25, 0.3) is 0 Å². The fourth-order valence-corrected chi connectivity index (χ4v) is 1.78. The van der Waals surface area contributed by atoms with Crippen LogP contribution in [0.5, 0.6) is 11.5 Å². The van der Waals surface area contributed by atoms with Gasteiger partial charge in [0.25, 0.3) is 5.91 Å². The van der Waals surface area contributed by atoms with Gasteiger partial charge in [-0.25, -0.2) is 0 Å². The first-order chi connectivity index (χ1) is 7.60. The summed E-state index contributed by atoms with van der Waals surface area (Å²) in [6.45, 7) is 0.579. The van der Waals surface area contributed by atoms with Crippen LogP contribution >= 0.6 is 15.9 Å². The van der Waals surface area contributed by atoms with Crippen LogP contribution < -0.4 is 4.74 Å². The van der Waals surface area contributed by atoms with Gasteiger partial charge in [-0.3, -0.25) is 4.79 Å². The summed E-state index contributed by atoms with van der Waals surface area (Å²) >= 11 is 3.26. The Morgan fingerprint density at radius 1 is 1.56 bits per heavy atom. The van der Waals surface area contributed by atoms with Gasteiger partial charge in [-0.1, -0.05) is 15.9 Å². The fraction of sp³-hybridized carbons (Fsp3) is 0.364. The summed E-state index contributed by atoms with van der Waals surface area (Å²) in [5.41, 5.74) is 0.253. The van der Waals surface area contributed by atoms with Crippen molar-refractivity contribution in [3.8, 4) is 11.5 Å². The second kappa shape index (κ2) is 5.75. The third-order valence-electron chi connectivity index (χ3n) is 2.20. The molecule has 4 nitrogen and oxygen atoms in total. The maximum Gasteiger partial charge on any atom is 0.257 e. The van der Waals surface area contributed by atoms with Crippen LogP contribution in [0.4, 0.5) is 0 Å². The van der Waals surface area contributed by atoms with Crippen LogP contribution in [0.1, 0.15) is 10.4 Å². The predicted molar refractivity (Wildman–Crippen MR) is 65.4 cm³/mol. The van der Waals surface area contributed by atoms with Crippen molar-refractivity contribution in [2.24, 2.45) is 0 Å². The molecule has 1 aromatic carbocycles. The van der Waals surface area contributed by atoms with E-state index in [1.165, 1.54) is 24.1 Å². The molecular formula is C11H14BrNO3. The summed E-state index contributed by atoms with van der Waals surface area (Å²) in [5.74, 6) is 0.288. The Kier molecular flexibility index (Phi) is 4.61. The minimum absolute atomic E-state index is 0.0350. The molecule has 0 fully saturated rings. The Morgan fingerprint density at radius 3 is 2.81 bits per heavy atom. The molecule has 0 atom stereocenters. The van der Waals surface area contributed by atoms with Gasteiger partial charge in [-0.15, -0.1) is 0 Å². The van der Waals surface area contributed by atoms with E-state index in [4.69, 9.17) is 4.74 Å². The number of nitrogens with zero attached hydrogens (tertiary/aromatic N) is 1. The van der Waals surface area contributed by atoms with Crippen LogP contribution in [-0.2, 0) is 0 Å². The van der Waals surface area contributed by atoms with Crippen molar-refractivity contribution < 1.29 is 14.6 Å². The maximum atomic E-state index is 11.9. The summed E-state index contributed by atoms with van der Waals surface area (Å²) in [6, 6.07) is 4.59. The van der Waals surface area contributed by atoms with Crippen molar-refractivity contribution in [3.05, 3.63) is 23.8 Å². The second-order valence-corrected chi connectivity index (χ2v) is 4.09. The molecule has 0 spiro atoms. The van der Waals surface area contributed by atoms with Crippen molar-refractivity contribution in [1.82, 2.24) is 4.90 Å². The van der Waals surface area contributed by atoms with Crippen LogP contribution in [-0.4, -0.2) is 41.9 Å². The Labute approximate surface area is 103 Å². The number of ether oxygens (including phenoxy) is 1. The van der Waals surface area contributed by atoms with Crippen molar-refractivity contribution in [3.63, 3.8) is 0 Å². The number of phenolic OH excluding ortho intramolecular Hbond substituents is 1. The number of alkyl halides is 1. The number of carbonyl (C=O) groups is 1. The maximum absolute atomic E-state index is 11.9. The zero-order valence-corrected chi connectivity index (χ0v) is 10.8. The van der Waals surface area contributed by atoms with Crippen molar-refractivity contribution in [2.45, 2.75) is 0 Å². The number of halogens is 1. The van der Waals surface area contributed by atoms with E-state index in [2.05, 4.69) is 15.9 Å². The molecular weight excluding hydrogens is 274 g/mol. The van der Waals surface area contributed by atoms with E-state index >= 15 is 0 Å². The number of hydrogen-bond acceptors (Lipinski definition) is 3. The highest BCUT2D eigenvalue weighted by Gasteiger charge is 2.16. The SMILES string of the molecule is COc1ccc(O)c(C(=O)N(C)CCBr)c1. The average molecular weight is 288 g/mol. The minimum Gasteiger partial charge on any atom is -0.507 e. The lowest BCUT2D eigenvalue weighted by Gasteiger charge is -2.16. The standard InChI is InChI=1S/C11H14BrNO3/c1-13(6-5-12)11(15)9-7-8(16-2)3-4-10(9)14/h3-4,7,14H,5-6H2,1-2H3. The quantitative estimate of drug-likeness (QED) is 0.860. The first kappa shape index (κ1) is 12.8. The average Bonchev–Trinajstić information content (AvgIpc) is 2.29. The number of rotatable bonds is 4. The molecule has 0 aliphatic carbocycles. The summed E-state index contributed by atoms with van der Waals surface area (Å²) < 4.78 is 5.01. The third kappa shape index (κ3) is 2.88. The lowest BCUT2D eigenvalue weighted by atomic mass is 10.1. The lowest BCUT2D eigenvalue weighted by molar-refractivity contribution is 0.0800. The molecule has 0 aliphatic heterocycles. The highest BCUT2D eigenvalue weighted by atomic mass is 79.9. The van der Waals surface area contributed by atoms with Crippen LogP contribution in [0, 0.1) is 0 Å². The number of carbonyl (C=O) groups excluding carboxylic acids is 1. The van der Waals surface area contributed by atoms with E-state index in [0.717, 1.165) is 0 Å². The topological polar surface area (TPSA) is 49.8 Å². The van der Waals surface area contributed by atoms with Crippen LogP contribution in [0.15, 0.2) is 18.2 Å². The van der Waals surface area contributed by atoms with Gasteiger partial charge in [0.1, 0.15) is 11.5 Å². The zero-order valence-electron chi connectivity index (χ0n) is 9.24. The van der Waals surface area contributed by atoms with Crippen molar-refractivity contribution in [1.29, 1.82) is 0 Å². The van der Waals surface area contributed by atoms with E-state index in [9.17, 15) is 9.90 Å². The number of hydrogen-bond donors (Lipinski definition) is 1. The van der Waals surface area contributed by atoms with Crippen LogP contribution in [0.3, 0.4) is 0 Å². The molecule has 1 aromatic rings. The first-order valence-electron chi connectivity index (χ1n) is 4.78. The first-order valence-corrected chi connectivity index (χ1v) is 5.90. The van der Waals surface area contributed by atoms with Gasteiger partial charge >= 0.3 is 0 Å². The molecule has 1 amide bonds. The number of aromatic hydroxyl groups is 1. The van der Waals surface area contributed by atoms with Gasteiger partial charge in [0.05, 0.1) is 12.7 Å². The number of amides is 1. The highest BCUT2D eigenvalue weighted by molar-refractivity contribution is 9.09. The van der Waals surface area contributed by atoms with Gasteiger partial charge in [-0.05, 0) is 18.2 Å². The Morgan fingerprint density at radius 2 is 2.25 bits per heavy atom. The van der Waals surface area contributed by atoms with Gasteiger partial charge in [0, 0.05) is 18.9 Å². The zero-order chi connectivity index (χ0) is 12.1. The summed E-state index contributed by atoms with van der Waals surface area (Å²) in [5, 5.41) is 10.3. The normalized spacial score (nSPS) is 9.94. The molecule has 1 N–H and O–H groups in total. The molecule has 0 aliphatic rings. The summed E-state index contributed by atoms with van der Waals surface area (Å²) in [7, 11) is 3.20. The van der Waals surface area contributed by atoms with E-state index in [-0.39, 0.29) is 17.2 Å². The number of benzene rings is 1. The predicted octanol–water partition coefficient (Wildman–Crippen LogP) is 1.87. The summed E-state index contributed by atoms with van der Waals surface area (Å²) in [6.07, 6.45) is 0. The number of methoxy groups -OCH3 is 1. The Bertz CT molecular complexity index is 381. The second-order valence-electron chi connectivity index (χ2n) is 3.30. The summed E-state index contributed by atoms with van der Waals surface area (Å²) in [4.78, 5) is 13.4. The Balaban J connectivity index is 2.97.